The van der Waals surface area contributed by atoms with Crippen molar-refractivity contribution in [2.45, 2.75) is 31.8 Å². The van der Waals surface area contributed by atoms with Crippen molar-refractivity contribution in [2.24, 2.45) is 7.05 Å². The van der Waals surface area contributed by atoms with Crippen molar-refractivity contribution in [3.8, 4) is 17.3 Å². The second-order valence-corrected chi connectivity index (χ2v) is 9.46. The lowest BCUT2D eigenvalue weighted by atomic mass is 10.2. The first-order valence-corrected chi connectivity index (χ1v) is 12.1. The van der Waals surface area contributed by atoms with Crippen LogP contribution in [-0.4, -0.2) is 79.2 Å². The fraction of sp³-hybridized carbons (Fsp3) is 0.458. The highest BCUT2D eigenvalue weighted by molar-refractivity contribution is 5.92. The molecule has 0 radical (unpaired) electrons. The van der Waals surface area contributed by atoms with Gasteiger partial charge in [0.25, 0.3) is 0 Å². The minimum absolute atomic E-state index is 0.453. The average molecular weight is 475 g/mol. The number of aryl methyl sites for hydroxylation is 2. The summed E-state index contributed by atoms with van der Waals surface area (Å²) >= 11 is 0. The minimum Gasteiger partial charge on any atom is -0.477 e. The van der Waals surface area contributed by atoms with Crippen LogP contribution in [0.1, 0.15) is 19.3 Å². The molecule has 35 heavy (non-hydrogen) atoms. The molecule has 182 valence electrons. The van der Waals surface area contributed by atoms with E-state index in [0.717, 1.165) is 54.2 Å². The highest BCUT2D eigenvalue weighted by Gasteiger charge is 2.29. The number of nitrogens with one attached hydrogen (secondary N) is 1. The maximum Gasteiger partial charge on any atom is 0.222 e. The topological polar surface area (TPSA) is 102 Å². The largest absolute Gasteiger partial charge is 0.477 e. The van der Waals surface area contributed by atoms with Crippen molar-refractivity contribution in [3.63, 3.8) is 0 Å². The Balaban J connectivity index is 1.41. The van der Waals surface area contributed by atoms with Gasteiger partial charge in [0.05, 0.1) is 23.7 Å². The van der Waals surface area contributed by atoms with E-state index in [4.69, 9.17) is 14.8 Å². The van der Waals surface area contributed by atoms with Gasteiger partial charge in [-0.05, 0) is 33.0 Å². The number of ether oxygens (including phenoxy) is 1. The summed E-state index contributed by atoms with van der Waals surface area (Å²) in [7, 11) is 6.12. The first-order valence-electron chi connectivity index (χ1n) is 12.1. The van der Waals surface area contributed by atoms with Gasteiger partial charge in [-0.2, -0.15) is 10.2 Å². The molecule has 2 aliphatic rings. The Labute approximate surface area is 203 Å². The van der Waals surface area contributed by atoms with Crippen molar-refractivity contribution >= 4 is 28.4 Å². The van der Waals surface area contributed by atoms with Crippen molar-refractivity contribution in [3.05, 3.63) is 30.7 Å². The number of likely N-dealkylation sites (N-methyl/N-ethyl adjacent to an activating group) is 1. The fourth-order valence-corrected chi connectivity index (χ4v) is 5.05. The Morgan fingerprint density at radius 3 is 2.94 bits per heavy atom. The van der Waals surface area contributed by atoms with Crippen LogP contribution in [-0.2, 0) is 13.6 Å². The van der Waals surface area contributed by atoms with Crippen LogP contribution in [0.15, 0.2) is 30.7 Å². The van der Waals surface area contributed by atoms with Gasteiger partial charge in [-0.3, -0.25) is 4.68 Å². The molecule has 1 fully saturated rings. The second-order valence-electron chi connectivity index (χ2n) is 9.46. The summed E-state index contributed by atoms with van der Waals surface area (Å²) < 4.78 is 9.96. The molecule has 4 aromatic heterocycles. The van der Waals surface area contributed by atoms with Crippen LogP contribution < -0.4 is 15.0 Å². The van der Waals surface area contributed by atoms with E-state index in [-0.39, 0.29) is 0 Å². The summed E-state index contributed by atoms with van der Waals surface area (Å²) in [6.45, 7) is 3.30. The van der Waals surface area contributed by atoms with Gasteiger partial charge in [0.15, 0.2) is 11.6 Å². The first-order chi connectivity index (χ1) is 17.1. The van der Waals surface area contributed by atoms with Gasteiger partial charge in [0.2, 0.25) is 5.88 Å². The summed E-state index contributed by atoms with van der Waals surface area (Å²) in [4.78, 5) is 18.6. The van der Waals surface area contributed by atoms with Crippen LogP contribution in [0, 0.1) is 0 Å². The summed E-state index contributed by atoms with van der Waals surface area (Å²) in [6, 6.07) is 4.35. The molecular weight excluding hydrogens is 444 g/mol. The van der Waals surface area contributed by atoms with Crippen molar-refractivity contribution in [1.29, 1.82) is 0 Å². The number of pyridine rings is 1. The Hall–Kier alpha value is -3.73. The molecule has 11 heteroatoms. The van der Waals surface area contributed by atoms with E-state index < -0.39 is 0 Å². The molecule has 1 saturated heterocycles. The molecule has 6 rings (SSSR count). The lowest BCUT2D eigenvalue weighted by molar-refractivity contribution is 0.276. The molecule has 4 aromatic rings. The molecule has 2 aliphatic heterocycles. The monoisotopic (exact) mass is 474 g/mol. The van der Waals surface area contributed by atoms with E-state index in [1.165, 1.54) is 12.8 Å². The lowest BCUT2D eigenvalue weighted by Crippen LogP contribution is -2.37. The maximum absolute atomic E-state index is 6.15. The maximum atomic E-state index is 6.15. The van der Waals surface area contributed by atoms with Gasteiger partial charge in [-0.1, -0.05) is 0 Å². The number of aromatic nitrogens is 7. The zero-order chi connectivity index (χ0) is 23.9. The molecule has 11 nitrogen and oxygen atoms in total. The summed E-state index contributed by atoms with van der Waals surface area (Å²) in [5.74, 6) is 3.62. The Kier molecular flexibility index (Phi) is 5.48. The SMILES string of the molecule is CN(C)CC1CCCN1c1nn2c3cc(ncc13)Nc1ccnc(n1)-c1cnn(C)c1OCCC2. The standard InChI is InChI=1S/C24H30N10O/c1-31(2)15-16-6-4-9-33(16)23-17-13-26-21-12-19(17)34(30-23)10-5-11-35-24-18(14-27-32(24)3)22-25-8-7-20(28-21)29-22/h7-8,12-14,16H,4-6,9-11,15H2,1-3H3,(H,25,26,28,29). The van der Waals surface area contributed by atoms with Crippen molar-refractivity contribution in [2.75, 3.05) is 44.0 Å². The molecular formula is C24H30N10O. The Morgan fingerprint density at radius 1 is 1.14 bits per heavy atom. The number of nitrogens with zero attached hydrogens (tertiary/aromatic N) is 9. The third kappa shape index (κ3) is 4.05. The number of fused-ring (bicyclic) bond motifs is 5. The number of rotatable bonds is 3. The van der Waals surface area contributed by atoms with E-state index in [1.807, 2.05) is 19.3 Å². The molecule has 1 N–H and O–H groups in total. The van der Waals surface area contributed by atoms with E-state index >= 15 is 0 Å². The second kappa shape index (κ2) is 8.81. The van der Waals surface area contributed by atoms with Crippen LogP contribution in [0.4, 0.5) is 17.5 Å². The molecule has 1 atom stereocenters. The molecule has 0 spiro atoms. The van der Waals surface area contributed by atoms with Crippen LogP contribution in [0.2, 0.25) is 0 Å². The summed E-state index contributed by atoms with van der Waals surface area (Å²) in [5.41, 5.74) is 1.82. The van der Waals surface area contributed by atoms with Crippen molar-refractivity contribution < 1.29 is 4.74 Å². The third-order valence-corrected chi connectivity index (χ3v) is 6.63. The normalized spacial score (nSPS) is 17.9. The summed E-state index contributed by atoms with van der Waals surface area (Å²) in [6.07, 6.45) is 8.56. The van der Waals surface area contributed by atoms with Gasteiger partial charge in [-0.25, -0.2) is 19.6 Å². The fourth-order valence-electron chi connectivity index (χ4n) is 5.05. The molecule has 4 bridgehead atoms. The van der Waals surface area contributed by atoms with E-state index in [1.54, 1.807) is 17.1 Å². The van der Waals surface area contributed by atoms with Gasteiger partial charge in [0, 0.05) is 57.6 Å². The minimum atomic E-state index is 0.453. The lowest BCUT2D eigenvalue weighted by Gasteiger charge is -2.27. The van der Waals surface area contributed by atoms with Crippen LogP contribution in [0.3, 0.4) is 0 Å². The van der Waals surface area contributed by atoms with Gasteiger partial charge in [-0.15, -0.1) is 0 Å². The molecule has 6 heterocycles. The van der Waals surface area contributed by atoms with E-state index in [0.29, 0.717) is 30.2 Å². The Bertz CT molecular complexity index is 1360. The van der Waals surface area contributed by atoms with E-state index in [9.17, 15) is 0 Å². The predicted molar refractivity (Wildman–Crippen MR) is 134 cm³/mol. The van der Waals surface area contributed by atoms with Crippen LogP contribution in [0.25, 0.3) is 22.3 Å². The highest BCUT2D eigenvalue weighted by atomic mass is 16.5. The quantitative estimate of drug-likeness (QED) is 0.480. The molecule has 0 aromatic carbocycles. The van der Waals surface area contributed by atoms with Crippen molar-refractivity contribution in [1.82, 2.24) is 39.4 Å². The first kappa shape index (κ1) is 21.8. The summed E-state index contributed by atoms with van der Waals surface area (Å²) in [5, 5.41) is 13.9. The van der Waals surface area contributed by atoms with Gasteiger partial charge < -0.3 is 19.9 Å². The molecule has 0 aliphatic carbocycles. The van der Waals surface area contributed by atoms with Crippen LogP contribution >= 0.6 is 0 Å². The number of hydrogen-bond acceptors (Lipinski definition) is 9. The van der Waals surface area contributed by atoms with Gasteiger partial charge >= 0.3 is 0 Å². The Morgan fingerprint density at radius 2 is 2.06 bits per heavy atom. The smallest absolute Gasteiger partial charge is 0.222 e. The molecule has 1 unspecified atom stereocenters. The third-order valence-electron chi connectivity index (χ3n) is 6.63. The zero-order valence-electron chi connectivity index (χ0n) is 20.3. The number of hydrogen-bond donors (Lipinski definition) is 1. The average Bonchev–Trinajstić information content (AvgIpc) is 3.53. The predicted octanol–water partition coefficient (Wildman–Crippen LogP) is 2.68. The van der Waals surface area contributed by atoms with E-state index in [2.05, 4.69) is 55.0 Å². The molecule has 0 amide bonds. The van der Waals surface area contributed by atoms with Crippen LogP contribution in [0.5, 0.6) is 5.88 Å². The number of anilines is 3. The highest BCUT2D eigenvalue weighted by Crippen LogP contribution is 2.34. The van der Waals surface area contributed by atoms with Gasteiger partial charge in [0.1, 0.15) is 17.2 Å². The zero-order valence-corrected chi connectivity index (χ0v) is 20.3. The molecule has 0 saturated carbocycles.